The number of thiazole rings is 2. The summed E-state index contributed by atoms with van der Waals surface area (Å²) in [5.41, 5.74) is 0.598. The molecule has 10 nitrogen and oxygen atoms in total. The predicted octanol–water partition coefficient (Wildman–Crippen LogP) is 2.68. The molecule has 1 aliphatic heterocycles. The van der Waals surface area contributed by atoms with E-state index < -0.39 is 29.9 Å². The number of hydrogen-bond donors (Lipinski definition) is 3. The average Bonchev–Trinajstić information content (AvgIpc) is 3.46. The molecular weight excluding hydrogens is 440 g/mol. The Labute approximate surface area is 185 Å². The van der Waals surface area contributed by atoms with Crippen molar-refractivity contribution >= 4 is 40.4 Å². The van der Waals surface area contributed by atoms with Crippen LogP contribution in [-0.4, -0.2) is 32.7 Å². The Morgan fingerprint density at radius 2 is 1.26 bits per heavy atom. The number of aryl methyl sites for hydroxylation is 1. The number of fused-ring (bicyclic) bond motifs is 6. The highest BCUT2D eigenvalue weighted by Gasteiger charge is 2.26. The Hall–Kier alpha value is -3.12. The van der Waals surface area contributed by atoms with E-state index in [-0.39, 0.29) is 28.9 Å². The SMILES string of the molecule is Cc1oc2nc1C(=O)N[C@H](C)c1nc(cs1)C(=O)N[C@@H](C)c1nc(cs1)C(=O)N[C@H]2C. The minimum absolute atomic E-state index is 0.128. The third-order valence-corrected chi connectivity index (χ3v) is 6.75. The maximum Gasteiger partial charge on any atom is 0.274 e. The summed E-state index contributed by atoms with van der Waals surface area (Å²) >= 11 is 2.55. The Balaban J connectivity index is 1.71. The van der Waals surface area contributed by atoms with Crippen molar-refractivity contribution < 1.29 is 18.8 Å². The van der Waals surface area contributed by atoms with Gasteiger partial charge in [0, 0.05) is 10.8 Å². The first kappa shape index (κ1) is 21.1. The van der Waals surface area contributed by atoms with Crippen LogP contribution in [0.5, 0.6) is 0 Å². The maximum atomic E-state index is 12.7. The van der Waals surface area contributed by atoms with Gasteiger partial charge >= 0.3 is 0 Å². The van der Waals surface area contributed by atoms with Crippen molar-refractivity contribution in [3.05, 3.63) is 49.5 Å². The van der Waals surface area contributed by atoms with E-state index >= 15 is 0 Å². The zero-order valence-corrected chi connectivity index (χ0v) is 18.8. The predicted molar refractivity (Wildman–Crippen MR) is 113 cm³/mol. The quantitative estimate of drug-likeness (QED) is 0.469. The lowest BCUT2D eigenvalue weighted by Crippen LogP contribution is -2.30. The molecule has 4 rings (SSSR count). The van der Waals surface area contributed by atoms with Crippen LogP contribution in [-0.2, 0) is 0 Å². The molecule has 0 saturated carbocycles. The van der Waals surface area contributed by atoms with Crippen molar-refractivity contribution in [1.82, 2.24) is 30.9 Å². The molecule has 12 heteroatoms. The van der Waals surface area contributed by atoms with Gasteiger partial charge in [0.05, 0.1) is 12.1 Å². The normalized spacial score (nSPS) is 22.2. The summed E-state index contributed by atoms with van der Waals surface area (Å²) in [6.07, 6.45) is 0. The Morgan fingerprint density at radius 1 is 0.774 bits per heavy atom. The van der Waals surface area contributed by atoms with Gasteiger partial charge in [-0.3, -0.25) is 14.4 Å². The second-order valence-electron chi connectivity index (χ2n) is 7.18. The number of nitrogens with zero attached hydrogens (tertiary/aromatic N) is 3. The van der Waals surface area contributed by atoms with Crippen LogP contribution in [0, 0.1) is 6.92 Å². The summed E-state index contributed by atoms with van der Waals surface area (Å²) in [6, 6.07) is -1.42. The van der Waals surface area contributed by atoms with Gasteiger partial charge in [0.25, 0.3) is 17.7 Å². The highest BCUT2D eigenvalue weighted by Crippen LogP contribution is 2.23. The van der Waals surface area contributed by atoms with Gasteiger partial charge in [-0.25, -0.2) is 15.0 Å². The van der Waals surface area contributed by atoms with Gasteiger partial charge in [-0.1, -0.05) is 0 Å². The van der Waals surface area contributed by atoms with Crippen LogP contribution in [0.25, 0.3) is 0 Å². The third-order valence-electron chi connectivity index (χ3n) is 4.69. The summed E-state index contributed by atoms with van der Waals surface area (Å²) < 4.78 is 5.62. The number of amides is 3. The van der Waals surface area contributed by atoms with Crippen LogP contribution >= 0.6 is 22.7 Å². The van der Waals surface area contributed by atoms with Crippen molar-refractivity contribution in [2.24, 2.45) is 0 Å². The first-order valence-electron chi connectivity index (χ1n) is 9.53. The molecule has 3 aromatic rings. The van der Waals surface area contributed by atoms with E-state index in [1.54, 1.807) is 38.5 Å². The Bertz CT molecular complexity index is 1170. The fraction of sp³-hybridized carbons (Fsp3) is 0.368. The smallest absolute Gasteiger partial charge is 0.274 e. The average molecular weight is 461 g/mol. The maximum absolute atomic E-state index is 12.7. The van der Waals surface area contributed by atoms with Crippen molar-refractivity contribution in [3.63, 3.8) is 0 Å². The first-order chi connectivity index (χ1) is 14.7. The molecule has 6 bridgehead atoms. The fourth-order valence-electron chi connectivity index (χ4n) is 2.99. The van der Waals surface area contributed by atoms with Crippen LogP contribution < -0.4 is 16.0 Å². The largest absolute Gasteiger partial charge is 0.443 e. The van der Waals surface area contributed by atoms with Crippen LogP contribution in [0.3, 0.4) is 0 Å². The third kappa shape index (κ3) is 4.21. The molecular formula is C19H20N6O4S2. The van der Waals surface area contributed by atoms with Gasteiger partial charge < -0.3 is 20.4 Å². The highest BCUT2D eigenvalue weighted by atomic mass is 32.1. The first-order valence-corrected chi connectivity index (χ1v) is 11.3. The van der Waals surface area contributed by atoms with Crippen molar-refractivity contribution in [3.8, 4) is 0 Å². The van der Waals surface area contributed by atoms with E-state index in [1.165, 1.54) is 22.7 Å². The molecule has 0 fully saturated rings. The van der Waals surface area contributed by atoms with Gasteiger partial charge in [-0.15, -0.1) is 22.7 Å². The topological polar surface area (TPSA) is 139 Å². The molecule has 1 aliphatic rings. The lowest BCUT2D eigenvalue weighted by Gasteiger charge is -2.11. The standard InChI is InChI=1S/C19H20N6O4S2/c1-7-17-25-13(10(4)29-17)16(28)22-9(3)19-24-12(6-31-19)15(27)21-8(2)18-23-11(5-30-18)14(26)20-7/h5-9H,1-4H3,(H,20,26)(H,21,27)(H,22,28)/t7-,8-,9+/m0/s1. The van der Waals surface area contributed by atoms with Crippen molar-refractivity contribution in [2.75, 3.05) is 0 Å². The van der Waals surface area contributed by atoms with Gasteiger partial charge in [0.15, 0.2) is 5.69 Å². The number of hydrogen-bond acceptors (Lipinski definition) is 9. The second-order valence-corrected chi connectivity index (χ2v) is 8.96. The summed E-state index contributed by atoms with van der Waals surface area (Å²) in [4.78, 5) is 50.9. The number of rotatable bonds is 0. The molecule has 31 heavy (non-hydrogen) atoms. The van der Waals surface area contributed by atoms with E-state index in [4.69, 9.17) is 4.42 Å². The number of carbonyl (C=O) groups excluding carboxylic acids is 3. The molecule has 0 saturated heterocycles. The monoisotopic (exact) mass is 460 g/mol. The Morgan fingerprint density at radius 3 is 1.81 bits per heavy atom. The molecule has 4 heterocycles. The zero-order chi connectivity index (χ0) is 22.3. The molecule has 162 valence electrons. The lowest BCUT2D eigenvalue weighted by atomic mass is 10.3. The van der Waals surface area contributed by atoms with Gasteiger partial charge in [-0.2, -0.15) is 0 Å². The number of aromatic nitrogens is 3. The molecule has 0 unspecified atom stereocenters. The molecule has 0 aliphatic carbocycles. The van der Waals surface area contributed by atoms with Crippen LogP contribution in [0.15, 0.2) is 15.2 Å². The summed E-state index contributed by atoms with van der Waals surface area (Å²) in [5, 5.41) is 12.9. The van der Waals surface area contributed by atoms with E-state index in [0.29, 0.717) is 15.8 Å². The van der Waals surface area contributed by atoms with E-state index in [2.05, 4.69) is 30.9 Å². The number of carbonyl (C=O) groups is 3. The van der Waals surface area contributed by atoms with Crippen LogP contribution in [0.1, 0.15) is 92.0 Å². The van der Waals surface area contributed by atoms with Crippen LogP contribution in [0.2, 0.25) is 0 Å². The van der Waals surface area contributed by atoms with Gasteiger partial charge in [0.1, 0.15) is 33.2 Å². The molecule has 3 N–H and O–H groups in total. The number of nitrogens with one attached hydrogen (secondary N) is 3. The van der Waals surface area contributed by atoms with Gasteiger partial charge in [0.2, 0.25) is 5.89 Å². The van der Waals surface area contributed by atoms with Crippen molar-refractivity contribution in [2.45, 2.75) is 45.8 Å². The second kappa shape index (κ2) is 8.19. The molecule has 0 radical (unpaired) electrons. The molecule has 3 aromatic heterocycles. The summed E-state index contributed by atoms with van der Waals surface area (Å²) in [7, 11) is 0. The minimum Gasteiger partial charge on any atom is -0.443 e. The molecule has 0 spiro atoms. The van der Waals surface area contributed by atoms with E-state index in [9.17, 15) is 14.4 Å². The molecule has 3 atom stereocenters. The highest BCUT2D eigenvalue weighted by molar-refractivity contribution is 7.10. The van der Waals surface area contributed by atoms with E-state index in [1.807, 2.05) is 0 Å². The summed E-state index contributed by atoms with van der Waals surface area (Å²) in [6.45, 7) is 6.90. The Kier molecular flexibility index (Phi) is 5.58. The fourth-order valence-corrected chi connectivity index (χ4v) is 4.60. The minimum atomic E-state index is -0.576. The van der Waals surface area contributed by atoms with E-state index in [0.717, 1.165) is 0 Å². The summed E-state index contributed by atoms with van der Waals surface area (Å²) in [5.74, 6) is -0.644. The van der Waals surface area contributed by atoms with Crippen LogP contribution in [0.4, 0.5) is 0 Å². The number of oxazole rings is 1. The van der Waals surface area contributed by atoms with Gasteiger partial charge in [-0.05, 0) is 27.7 Å². The zero-order valence-electron chi connectivity index (χ0n) is 17.2. The van der Waals surface area contributed by atoms with Crippen molar-refractivity contribution in [1.29, 1.82) is 0 Å². The molecule has 3 amide bonds. The lowest BCUT2D eigenvalue weighted by molar-refractivity contribution is 0.0924. The molecule has 0 aromatic carbocycles.